The molecule has 98 valence electrons. The van der Waals surface area contributed by atoms with Crippen molar-refractivity contribution >= 4 is 26.7 Å². The zero-order valence-electron chi connectivity index (χ0n) is 11.3. The fourth-order valence-corrected chi connectivity index (χ4v) is 3.21. The lowest BCUT2D eigenvalue weighted by Crippen LogP contribution is -2.29. The van der Waals surface area contributed by atoms with Crippen LogP contribution in [0.15, 0.2) is 18.2 Å². The van der Waals surface area contributed by atoms with Crippen LogP contribution in [0.2, 0.25) is 0 Å². The highest BCUT2D eigenvalue weighted by atomic mass is 32.1. The number of nitrogen functional groups attached to an aromatic ring is 1. The predicted octanol–water partition coefficient (Wildman–Crippen LogP) is 3.50. The van der Waals surface area contributed by atoms with Gasteiger partial charge in [0.05, 0.1) is 10.2 Å². The van der Waals surface area contributed by atoms with Gasteiger partial charge in [0.1, 0.15) is 0 Å². The van der Waals surface area contributed by atoms with Crippen LogP contribution in [0.1, 0.15) is 32.3 Å². The third kappa shape index (κ3) is 2.82. The number of benzene rings is 1. The molecule has 4 heteroatoms. The zero-order valence-corrected chi connectivity index (χ0v) is 12.1. The maximum Gasteiger partial charge on any atom is 0.181 e. The SMILES string of the molecule is CCC(CC)N(C)Cc1ccc2nc(N)sc2c1. The normalized spacial score (nSPS) is 11.8. The molecule has 0 radical (unpaired) electrons. The lowest BCUT2D eigenvalue weighted by atomic mass is 10.1. The van der Waals surface area contributed by atoms with Crippen LogP contribution >= 0.6 is 11.3 Å². The summed E-state index contributed by atoms with van der Waals surface area (Å²) >= 11 is 1.56. The molecule has 2 rings (SSSR count). The molecule has 1 heterocycles. The summed E-state index contributed by atoms with van der Waals surface area (Å²) in [6.45, 7) is 5.48. The number of aromatic nitrogens is 1. The molecule has 2 N–H and O–H groups in total. The van der Waals surface area contributed by atoms with Crippen LogP contribution < -0.4 is 5.73 Å². The standard InChI is InChI=1S/C14H21N3S/c1-4-11(5-2)17(3)9-10-6-7-12-13(8-10)18-14(15)16-12/h6-8,11H,4-5,9H2,1-3H3,(H2,15,16). The van der Waals surface area contributed by atoms with Crippen LogP contribution in [0.3, 0.4) is 0 Å². The van der Waals surface area contributed by atoms with Crippen molar-refractivity contribution in [2.45, 2.75) is 39.3 Å². The van der Waals surface area contributed by atoms with Crippen molar-refractivity contribution < 1.29 is 0 Å². The van der Waals surface area contributed by atoms with Gasteiger partial charge in [0.15, 0.2) is 5.13 Å². The van der Waals surface area contributed by atoms with Gasteiger partial charge in [-0.15, -0.1) is 0 Å². The smallest absolute Gasteiger partial charge is 0.181 e. The minimum Gasteiger partial charge on any atom is -0.375 e. The molecule has 2 aromatic rings. The van der Waals surface area contributed by atoms with E-state index in [1.165, 1.54) is 23.1 Å². The van der Waals surface area contributed by atoms with Crippen molar-refractivity contribution in [2.24, 2.45) is 0 Å². The molecular formula is C14H21N3S. The fourth-order valence-electron chi connectivity index (χ4n) is 2.41. The van der Waals surface area contributed by atoms with Crippen molar-refractivity contribution in [3.05, 3.63) is 23.8 Å². The second-order valence-corrected chi connectivity index (χ2v) is 5.80. The molecule has 0 fully saturated rings. The van der Waals surface area contributed by atoms with Gasteiger partial charge in [-0.3, -0.25) is 4.90 Å². The summed E-state index contributed by atoms with van der Waals surface area (Å²) in [6.07, 6.45) is 2.39. The molecule has 0 aliphatic carbocycles. The third-order valence-corrected chi connectivity index (χ3v) is 4.31. The van der Waals surface area contributed by atoms with Gasteiger partial charge < -0.3 is 5.73 Å². The summed E-state index contributed by atoms with van der Waals surface area (Å²) in [5, 5.41) is 0.649. The van der Waals surface area contributed by atoms with Crippen LogP contribution in [-0.2, 0) is 6.54 Å². The highest BCUT2D eigenvalue weighted by Gasteiger charge is 2.11. The molecule has 0 atom stereocenters. The topological polar surface area (TPSA) is 42.2 Å². The molecule has 0 amide bonds. The third-order valence-electron chi connectivity index (χ3n) is 3.47. The van der Waals surface area contributed by atoms with Crippen molar-refractivity contribution in [1.29, 1.82) is 0 Å². The summed E-state index contributed by atoms with van der Waals surface area (Å²) in [4.78, 5) is 6.71. The molecule has 0 unspecified atom stereocenters. The molecule has 0 bridgehead atoms. The van der Waals surface area contributed by atoms with Crippen LogP contribution in [0.5, 0.6) is 0 Å². The van der Waals surface area contributed by atoms with Crippen molar-refractivity contribution in [2.75, 3.05) is 12.8 Å². The Hall–Kier alpha value is -1.13. The second kappa shape index (κ2) is 5.67. The van der Waals surface area contributed by atoms with E-state index in [1.54, 1.807) is 11.3 Å². The van der Waals surface area contributed by atoms with Gasteiger partial charge in [-0.1, -0.05) is 31.3 Å². The first-order valence-electron chi connectivity index (χ1n) is 6.49. The van der Waals surface area contributed by atoms with E-state index in [4.69, 9.17) is 5.73 Å². The Bertz CT molecular complexity index is 517. The Balaban J connectivity index is 2.16. The maximum atomic E-state index is 5.73. The molecular weight excluding hydrogens is 242 g/mol. The van der Waals surface area contributed by atoms with Gasteiger partial charge in [0.25, 0.3) is 0 Å². The number of rotatable bonds is 5. The van der Waals surface area contributed by atoms with E-state index in [9.17, 15) is 0 Å². The predicted molar refractivity (Wildman–Crippen MR) is 79.9 cm³/mol. The molecule has 0 aliphatic rings. The first-order valence-corrected chi connectivity index (χ1v) is 7.30. The monoisotopic (exact) mass is 263 g/mol. The van der Waals surface area contributed by atoms with E-state index in [0.717, 1.165) is 12.1 Å². The summed E-state index contributed by atoms with van der Waals surface area (Å²) in [6, 6.07) is 7.09. The number of fused-ring (bicyclic) bond motifs is 1. The molecule has 0 saturated carbocycles. The minimum absolute atomic E-state index is 0.649. The Kier molecular flexibility index (Phi) is 4.19. The summed E-state index contributed by atoms with van der Waals surface area (Å²) in [7, 11) is 2.20. The first-order chi connectivity index (χ1) is 8.63. The lowest BCUT2D eigenvalue weighted by Gasteiger charge is -2.26. The van der Waals surface area contributed by atoms with Gasteiger partial charge >= 0.3 is 0 Å². The van der Waals surface area contributed by atoms with Crippen LogP contribution in [0.4, 0.5) is 5.13 Å². The van der Waals surface area contributed by atoms with Crippen LogP contribution in [-0.4, -0.2) is 23.0 Å². The minimum atomic E-state index is 0.649. The molecule has 0 spiro atoms. The highest BCUT2D eigenvalue weighted by Crippen LogP contribution is 2.25. The maximum absolute atomic E-state index is 5.73. The molecule has 18 heavy (non-hydrogen) atoms. The lowest BCUT2D eigenvalue weighted by molar-refractivity contribution is 0.222. The molecule has 0 aliphatic heterocycles. The summed E-state index contributed by atoms with van der Waals surface area (Å²) < 4.78 is 1.18. The Morgan fingerprint density at radius 2 is 2.06 bits per heavy atom. The molecule has 1 aromatic carbocycles. The Labute approximate surface area is 113 Å². The number of thiazole rings is 1. The quantitative estimate of drug-likeness (QED) is 0.897. The number of hydrogen-bond acceptors (Lipinski definition) is 4. The van der Waals surface area contributed by atoms with E-state index in [-0.39, 0.29) is 0 Å². The zero-order chi connectivity index (χ0) is 13.1. The van der Waals surface area contributed by atoms with Crippen LogP contribution in [0.25, 0.3) is 10.2 Å². The molecule has 0 saturated heterocycles. The summed E-state index contributed by atoms with van der Waals surface area (Å²) in [5.41, 5.74) is 8.07. The number of anilines is 1. The largest absolute Gasteiger partial charge is 0.375 e. The summed E-state index contributed by atoms with van der Waals surface area (Å²) in [5.74, 6) is 0. The van der Waals surface area contributed by atoms with E-state index < -0.39 is 0 Å². The second-order valence-electron chi connectivity index (χ2n) is 4.74. The van der Waals surface area contributed by atoms with Gasteiger partial charge in [-0.05, 0) is 37.6 Å². The van der Waals surface area contributed by atoms with E-state index >= 15 is 0 Å². The number of nitrogens with two attached hydrogens (primary N) is 1. The molecule has 1 aromatic heterocycles. The van der Waals surface area contributed by atoms with Gasteiger partial charge in [-0.2, -0.15) is 0 Å². The van der Waals surface area contributed by atoms with Gasteiger partial charge in [0, 0.05) is 12.6 Å². The fraction of sp³-hybridized carbons (Fsp3) is 0.500. The van der Waals surface area contributed by atoms with Crippen molar-refractivity contribution in [3.8, 4) is 0 Å². The first kappa shape index (κ1) is 13.3. The van der Waals surface area contributed by atoms with E-state index in [1.807, 2.05) is 0 Å². The highest BCUT2D eigenvalue weighted by molar-refractivity contribution is 7.22. The Morgan fingerprint density at radius 1 is 1.33 bits per heavy atom. The molecule has 3 nitrogen and oxygen atoms in total. The number of nitrogens with zero attached hydrogens (tertiary/aromatic N) is 2. The van der Waals surface area contributed by atoms with Crippen LogP contribution in [0, 0.1) is 0 Å². The van der Waals surface area contributed by atoms with E-state index in [2.05, 4.69) is 49.0 Å². The number of hydrogen-bond donors (Lipinski definition) is 1. The van der Waals surface area contributed by atoms with E-state index in [0.29, 0.717) is 11.2 Å². The van der Waals surface area contributed by atoms with Crippen molar-refractivity contribution in [1.82, 2.24) is 9.88 Å². The van der Waals surface area contributed by atoms with Gasteiger partial charge in [0.2, 0.25) is 0 Å². The average molecular weight is 263 g/mol. The Morgan fingerprint density at radius 3 is 2.72 bits per heavy atom. The van der Waals surface area contributed by atoms with Gasteiger partial charge in [-0.25, -0.2) is 4.98 Å². The average Bonchev–Trinajstić information content (AvgIpc) is 2.70. The van der Waals surface area contributed by atoms with Crippen molar-refractivity contribution in [3.63, 3.8) is 0 Å².